The predicted molar refractivity (Wildman–Crippen MR) is 110 cm³/mol. The highest BCUT2D eigenvalue weighted by Gasteiger charge is 2.40. The van der Waals surface area contributed by atoms with Gasteiger partial charge in [-0.1, -0.05) is 50.0 Å². The number of ether oxygens (including phenoxy) is 1. The minimum Gasteiger partial charge on any atom is -0.493 e. The summed E-state index contributed by atoms with van der Waals surface area (Å²) in [6, 6.07) is 5.82. The fourth-order valence-corrected chi connectivity index (χ4v) is 3.94. The van der Waals surface area contributed by atoms with Gasteiger partial charge in [-0.2, -0.15) is 0 Å². The second-order valence-electron chi connectivity index (χ2n) is 6.60. The Morgan fingerprint density at radius 3 is 2.43 bits per heavy atom. The van der Waals surface area contributed by atoms with Crippen LogP contribution in [0.3, 0.4) is 0 Å². The molecule has 2 N–H and O–H groups in total. The molecule has 0 radical (unpaired) electrons. The number of hydrogen-bond acceptors (Lipinski definition) is 6. The van der Waals surface area contributed by atoms with Gasteiger partial charge < -0.3 is 14.9 Å². The molecule has 7 nitrogen and oxygen atoms in total. The number of carbonyl (C=O) groups excluding carboxylic acids is 1. The summed E-state index contributed by atoms with van der Waals surface area (Å²) in [5, 5.41) is 18.1. The quantitative estimate of drug-likeness (QED) is 0.461. The number of nitrogens with zero attached hydrogens (tertiary/aromatic N) is 1. The summed E-state index contributed by atoms with van der Waals surface area (Å²) in [7, 11) is 0. The molecule has 150 valence electrons. The number of thioether (sulfide) groups is 1. The molecule has 1 saturated heterocycles. The van der Waals surface area contributed by atoms with E-state index in [1.165, 1.54) is 4.90 Å². The van der Waals surface area contributed by atoms with Gasteiger partial charge in [-0.3, -0.25) is 14.5 Å². The monoisotopic (exact) mass is 423 g/mol. The van der Waals surface area contributed by atoms with Gasteiger partial charge in [0.15, 0.2) is 0 Å². The van der Waals surface area contributed by atoms with Crippen LogP contribution in [0.15, 0.2) is 29.2 Å². The van der Waals surface area contributed by atoms with Gasteiger partial charge >= 0.3 is 11.9 Å². The lowest BCUT2D eigenvalue weighted by molar-refractivity contribution is -0.145. The SMILES string of the molecule is CC(C)CC(C(=O)O)N1C(=O)/C(=C/c2ccc(OCCC(=O)O)cc2)SC1=S. The van der Waals surface area contributed by atoms with Crippen LogP contribution in [0.5, 0.6) is 5.75 Å². The van der Waals surface area contributed by atoms with E-state index >= 15 is 0 Å². The van der Waals surface area contributed by atoms with Gasteiger partial charge in [-0.05, 0) is 36.1 Å². The molecule has 0 aromatic heterocycles. The number of benzene rings is 1. The molecule has 1 aromatic rings. The first kappa shape index (κ1) is 21.9. The standard InChI is InChI=1S/C19H21NO6S2/c1-11(2)9-14(18(24)25)20-17(23)15(28-19(20)27)10-12-3-5-13(6-4-12)26-8-7-16(21)22/h3-6,10-11,14H,7-9H2,1-2H3,(H,21,22)(H,24,25)/b15-10-. The molecule has 1 aliphatic heterocycles. The number of carboxylic acids is 2. The molecule has 1 atom stereocenters. The minimum absolute atomic E-state index is 0.0692. The molecular weight excluding hydrogens is 402 g/mol. The summed E-state index contributed by atoms with van der Waals surface area (Å²) in [4.78, 5) is 36.4. The summed E-state index contributed by atoms with van der Waals surface area (Å²) in [5.41, 5.74) is 0.724. The van der Waals surface area contributed by atoms with Crippen molar-refractivity contribution in [3.8, 4) is 5.75 Å². The minimum atomic E-state index is -1.07. The Kier molecular flexibility index (Phi) is 7.59. The summed E-state index contributed by atoms with van der Waals surface area (Å²) in [6.45, 7) is 3.85. The predicted octanol–water partition coefficient (Wildman–Crippen LogP) is 3.24. The third-order valence-corrected chi connectivity index (χ3v) is 5.21. The van der Waals surface area contributed by atoms with Crippen molar-refractivity contribution in [1.29, 1.82) is 0 Å². The molecule has 1 aliphatic rings. The second-order valence-corrected chi connectivity index (χ2v) is 8.27. The van der Waals surface area contributed by atoms with Gasteiger partial charge in [0.05, 0.1) is 17.9 Å². The molecule has 0 bridgehead atoms. The first-order valence-electron chi connectivity index (χ1n) is 8.63. The lowest BCUT2D eigenvalue weighted by Crippen LogP contribution is -2.44. The zero-order valence-electron chi connectivity index (χ0n) is 15.5. The average molecular weight is 424 g/mol. The van der Waals surface area contributed by atoms with Crippen LogP contribution in [0.4, 0.5) is 0 Å². The van der Waals surface area contributed by atoms with Crippen molar-refractivity contribution in [3.63, 3.8) is 0 Å². The van der Waals surface area contributed by atoms with Crippen LogP contribution in [0.25, 0.3) is 6.08 Å². The van der Waals surface area contributed by atoms with Gasteiger partial charge in [0.25, 0.3) is 5.91 Å². The van der Waals surface area contributed by atoms with Crippen molar-refractivity contribution < 1.29 is 29.3 Å². The summed E-state index contributed by atoms with van der Waals surface area (Å²) in [6.07, 6.45) is 1.87. The maximum atomic E-state index is 12.7. The number of aliphatic carboxylic acids is 2. The Morgan fingerprint density at radius 2 is 1.89 bits per heavy atom. The van der Waals surface area contributed by atoms with E-state index in [1.807, 2.05) is 13.8 Å². The van der Waals surface area contributed by atoms with Crippen LogP contribution in [0.1, 0.15) is 32.3 Å². The molecule has 1 unspecified atom stereocenters. The molecule has 1 fully saturated rings. The maximum Gasteiger partial charge on any atom is 0.326 e. The number of thiocarbonyl (C=S) groups is 1. The first-order valence-corrected chi connectivity index (χ1v) is 9.86. The van der Waals surface area contributed by atoms with Crippen molar-refractivity contribution in [3.05, 3.63) is 34.7 Å². The highest BCUT2D eigenvalue weighted by molar-refractivity contribution is 8.26. The van der Waals surface area contributed by atoms with Crippen LogP contribution in [-0.4, -0.2) is 49.9 Å². The van der Waals surface area contributed by atoms with E-state index in [2.05, 4.69) is 0 Å². The zero-order valence-corrected chi connectivity index (χ0v) is 17.1. The van der Waals surface area contributed by atoms with Gasteiger partial charge in [-0.15, -0.1) is 0 Å². The van der Waals surface area contributed by atoms with E-state index in [9.17, 15) is 19.5 Å². The van der Waals surface area contributed by atoms with Gasteiger partial charge in [0.1, 0.15) is 16.1 Å². The van der Waals surface area contributed by atoms with E-state index in [4.69, 9.17) is 22.1 Å². The summed E-state index contributed by atoms with van der Waals surface area (Å²) in [5.74, 6) is -1.80. The molecule has 1 amide bonds. The van der Waals surface area contributed by atoms with Crippen molar-refractivity contribution in [2.24, 2.45) is 5.92 Å². The zero-order chi connectivity index (χ0) is 20.8. The largest absolute Gasteiger partial charge is 0.493 e. The summed E-state index contributed by atoms with van der Waals surface area (Å²) >= 11 is 6.32. The fraction of sp³-hybridized carbons (Fsp3) is 0.368. The number of rotatable bonds is 9. The third-order valence-electron chi connectivity index (χ3n) is 3.88. The summed E-state index contributed by atoms with van der Waals surface area (Å²) < 4.78 is 5.56. The molecule has 2 rings (SSSR count). The smallest absolute Gasteiger partial charge is 0.326 e. The lowest BCUT2D eigenvalue weighted by atomic mass is 10.0. The molecule has 0 saturated carbocycles. The molecule has 9 heteroatoms. The van der Waals surface area contributed by atoms with Gasteiger partial charge in [0, 0.05) is 0 Å². The molecule has 0 aliphatic carbocycles. The lowest BCUT2D eigenvalue weighted by Gasteiger charge is -2.24. The topological polar surface area (TPSA) is 104 Å². The molecule has 28 heavy (non-hydrogen) atoms. The Bertz CT molecular complexity index is 803. The molecule has 1 aromatic carbocycles. The van der Waals surface area contributed by atoms with Crippen molar-refractivity contribution >= 4 is 52.2 Å². The van der Waals surface area contributed by atoms with Crippen molar-refractivity contribution in [2.45, 2.75) is 32.7 Å². The van der Waals surface area contributed by atoms with E-state index in [1.54, 1.807) is 30.3 Å². The van der Waals surface area contributed by atoms with E-state index in [0.717, 1.165) is 17.3 Å². The Morgan fingerprint density at radius 1 is 1.25 bits per heavy atom. The van der Waals surface area contributed by atoms with E-state index in [0.29, 0.717) is 17.1 Å². The first-order chi connectivity index (χ1) is 13.2. The number of hydrogen-bond donors (Lipinski definition) is 2. The number of carboxylic acid groups (broad SMARTS) is 2. The van der Waals surface area contributed by atoms with Crippen molar-refractivity contribution in [2.75, 3.05) is 6.61 Å². The van der Waals surface area contributed by atoms with Crippen LogP contribution < -0.4 is 4.74 Å². The Labute approximate surface area is 172 Å². The van der Waals surface area contributed by atoms with E-state index < -0.39 is 23.9 Å². The van der Waals surface area contributed by atoms with Crippen LogP contribution >= 0.6 is 24.0 Å². The maximum absolute atomic E-state index is 12.7. The normalized spacial score (nSPS) is 16.7. The average Bonchev–Trinajstić information content (AvgIpc) is 2.87. The van der Waals surface area contributed by atoms with Crippen LogP contribution in [0.2, 0.25) is 0 Å². The fourth-order valence-electron chi connectivity index (χ4n) is 2.58. The van der Waals surface area contributed by atoms with E-state index in [-0.39, 0.29) is 23.3 Å². The molecule has 1 heterocycles. The van der Waals surface area contributed by atoms with Crippen LogP contribution in [0, 0.1) is 5.92 Å². The number of amides is 1. The highest BCUT2D eigenvalue weighted by atomic mass is 32.2. The number of carbonyl (C=O) groups is 3. The highest BCUT2D eigenvalue weighted by Crippen LogP contribution is 2.35. The van der Waals surface area contributed by atoms with Crippen LogP contribution in [-0.2, 0) is 14.4 Å². The Hall–Kier alpha value is -2.39. The third kappa shape index (κ3) is 5.80. The Balaban J connectivity index is 2.12. The van der Waals surface area contributed by atoms with Gasteiger partial charge in [0.2, 0.25) is 0 Å². The molecule has 0 spiro atoms. The molecular formula is C19H21NO6S2. The second kappa shape index (κ2) is 9.70. The van der Waals surface area contributed by atoms with Gasteiger partial charge in [-0.25, -0.2) is 4.79 Å². The van der Waals surface area contributed by atoms with Crippen molar-refractivity contribution in [1.82, 2.24) is 4.90 Å².